The minimum absolute atomic E-state index is 0.0430. The number of carbonyl (C=O) groups is 1. The number of pyridine rings is 1. The van der Waals surface area contributed by atoms with Crippen molar-refractivity contribution in [2.75, 3.05) is 19.4 Å². The van der Waals surface area contributed by atoms with Gasteiger partial charge in [0.05, 0.1) is 6.10 Å². The van der Waals surface area contributed by atoms with Gasteiger partial charge in [0.1, 0.15) is 11.0 Å². The summed E-state index contributed by atoms with van der Waals surface area (Å²) in [4.78, 5) is 15.4. The fraction of sp³-hybridized carbons (Fsp3) is 0.400. The summed E-state index contributed by atoms with van der Waals surface area (Å²) in [5.74, 6) is -0.0302. The molecule has 1 rings (SSSR count). The molecule has 6 heteroatoms. The van der Waals surface area contributed by atoms with Crippen molar-refractivity contribution in [3.63, 3.8) is 0 Å². The van der Waals surface area contributed by atoms with Crippen LogP contribution < -0.4 is 11.1 Å². The molecule has 5 nitrogen and oxygen atoms in total. The molecule has 1 amide bonds. The van der Waals surface area contributed by atoms with Crippen molar-refractivity contribution in [1.82, 2.24) is 10.3 Å². The number of nitrogens with zero attached hydrogens (tertiary/aromatic N) is 1. The maximum absolute atomic E-state index is 11.7. The van der Waals surface area contributed by atoms with Crippen molar-refractivity contribution in [2.24, 2.45) is 0 Å². The standard InChI is InChI=1S/C10H14ClN3O2/c1-6(16-2)5-13-10(15)7-3-8(11)14-9(12)4-7/h3-4,6H,5H2,1-2H3,(H2,12,14)(H,13,15). The number of hydrogen-bond acceptors (Lipinski definition) is 4. The second-order valence-electron chi connectivity index (χ2n) is 3.36. The van der Waals surface area contributed by atoms with Gasteiger partial charge in [0.15, 0.2) is 0 Å². The molecule has 0 bridgehead atoms. The lowest BCUT2D eigenvalue weighted by molar-refractivity contribution is 0.0870. The monoisotopic (exact) mass is 243 g/mol. The SMILES string of the molecule is COC(C)CNC(=O)c1cc(N)nc(Cl)c1. The first-order valence-corrected chi connectivity index (χ1v) is 5.14. The smallest absolute Gasteiger partial charge is 0.251 e. The lowest BCUT2D eigenvalue weighted by atomic mass is 10.2. The van der Waals surface area contributed by atoms with Crippen LogP contribution in [0.5, 0.6) is 0 Å². The van der Waals surface area contributed by atoms with Crippen LogP contribution in [0.2, 0.25) is 5.15 Å². The summed E-state index contributed by atoms with van der Waals surface area (Å²) in [5, 5.41) is 2.90. The van der Waals surface area contributed by atoms with Crippen molar-refractivity contribution >= 4 is 23.3 Å². The average Bonchev–Trinajstić information content (AvgIpc) is 2.23. The third kappa shape index (κ3) is 3.67. The Bertz CT molecular complexity index is 364. The van der Waals surface area contributed by atoms with Gasteiger partial charge in [0.2, 0.25) is 0 Å². The van der Waals surface area contributed by atoms with Gasteiger partial charge in [0.25, 0.3) is 5.91 Å². The summed E-state index contributed by atoms with van der Waals surface area (Å²) in [7, 11) is 1.58. The van der Waals surface area contributed by atoms with Crippen molar-refractivity contribution in [3.05, 3.63) is 22.8 Å². The number of amides is 1. The van der Waals surface area contributed by atoms with E-state index in [2.05, 4.69) is 10.3 Å². The van der Waals surface area contributed by atoms with E-state index in [0.29, 0.717) is 12.1 Å². The van der Waals surface area contributed by atoms with E-state index in [9.17, 15) is 4.79 Å². The number of rotatable bonds is 4. The van der Waals surface area contributed by atoms with Crippen LogP contribution in [-0.2, 0) is 4.74 Å². The van der Waals surface area contributed by atoms with E-state index in [0.717, 1.165) is 0 Å². The number of hydrogen-bond donors (Lipinski definition) is 2. The summed E-state index contributed by atoms with van der Waals surface area (Å²) in [6.45, 7) is 2.28. The number of ether oxygens (including phenoxy) is 1. The summed E-state index contributed by atoms with van der Waals surface area (Å²) in [6, 6.07) is 2.93. The zero-order valence-electron chi connectivity index (χ0n) is 9.16. The first-order chi connectivity index (χ1) is 7.52. The van der Waals surface area contributed by atoms with Gasteiger partial charge in [0, 0.05) is 19.2 Å². The van der Waals surface area contributed by atoms with E-state index in [-0.39, 0.29) is 23.0 Å². The molecule has 1 heterocycles. The molecule has 88 valence electrons. The topological polar surface area (TPSA) is 77.2 Å². The van der Waals surface area contributed by atoms with Crippen LogP contribution in [0.3, 0.4) is 0 Å². The summed E-state index contributed by atoms with van der Waals surface area (Å²) >= 11 is 5.69. The van der Waals surface area contributed by atoms with Crippen LogP contribution in [0.1, 0.15) is 17.3 Å². The van der Waals surface area contributed by atoms with E-state index in [4.69, 9.17) is 22.1 Å². The zero-order chi connectivity index (χ0) is 12.1. The van der Waals surface area contributed by atoms with Gasteiger partial charge in [-0.1, -0.05) is 11.6 Å². The normalized spacial score (nSPS) is 12.2. The second kappa shape index (κ2) is 5.67. The van der Waals surface area contributed by atoms with Gasteiger partial charge in [-0.25, -0.2) is 4.98 Å². The van der Waals surface area contributed by atoms with Crippen LogP contribution in [0, 0.1) is 0 Å². The average molecular weight is 244 g/mol. The second-order valence-corrected chi connectivity index (χ2v) is 3.75. The van der Waals surface area contributed by atoms with Crippen LogP contribution in [0.15, 0.2) is 12.1 Å². The Kier molecular flexibility index (Phi) is 4.52. The summed E-state index contributed by atoms with van der Waals surface area (Å²) in [5.41, 5.74) is 5.87. The van der Waals surface area contributed by atoms with Crippen molar-refractivity contribution in [2.45, 2.75) is 13.0 Å². The maximum Gasteiger partial charge on any atom is 0.251 e. The lowest BCUT2D eigenvalue weighted by Crippen LogP contribution is -2.31. The van der Waals surface area contributed by atoms with Crippen LogP contribution in [0.4, 0.5) is 5.82 Å². The first kappa shape index (κ1) is 12.7. The minimum atomic E-state index is -0.250. The number of nitrogens with one attached hydrogen (secondary N) is 1. The van der Waals surface area contributed by atoms with E-state index in [1.165, 1.54) is 12.1 Å². The molecule has 0 radical (unpaired) electrons. The molecule has 3 N–H and O–H groups in total. The summed E-state index contributed by atoms with van der Waals surface area (Å²) < 4.78 is 5.01. The number of halogens is 1. The molecule has 0 saturated carbocycles. The van der Waals surface area contributed by atoms with Gasteiger partial charge in [-0.05, 0) is 19.1 Å². The molecule has 0 saturated heterocycles. The Morgan fingerprint density at radius 2 is 2.38 bits per heavy atom. The van der Waals surface area contributed by atoms with Gasteiger partial charge in [-0.15, -0.1) is 0 Å². The van der Waals surface area contributed by atoms with Crippen LogP contribution >= 0.6 is 11.6 Å². The summed E-state index contributed by atoms with van der Waals surface area (Å²) in [6.07, 6.45) is -0.0430. The predicted octanol–water partition coefficient (Wildman–Crippen LogP) is 1.08. The van der Waals surface area contributed by atoms with Gasteiger partial charge >= 0.3 is 0 Å². The molecule has 0 aliphatic rings. The number of nitrogen functional groups attached to an aromatic ring is 1. The van der Waals surface area contributed by atoms with Gasteiger partial charge in [-0.3, -0.25) is 4.79 Å². The van der Waals surface area contributed by atoms with Crippen LogP contribution in [-0.4, -0.2) is 30.6 Å². The van der Waals surface area contributed by atoms with E-state index < -0.39 is 0 Å². The van der Waals surface area contributed by atoms with Gasteiger partial charge in [-0.2, -0.15) is 0 Å². The Morgan fingerprint density at radius 3 is 2.94 bits per heavy atom. The molecule has 1 atom stereocenters. The predicted molar refractivity (Wildman–Crippen MR) is 62.5 cm³/mol. The minimum Gasteiger partial charge on any atom is -0.384 e. The molecule has 0 aromatic carbocycles. The Hall–Kier alpha value is -1.33. The highest BCUT2D eigenvalue weighted by Crippen LogP contribution is 2.11. The molecular formula is C10H14ClN3O2. The first-order valence-electron chi connectivity index (χ1n) is 4.77. The number of aromatic nitrogens is 1. The third-order valence-electron chi connectivity index (χ3n) is 2.03. The molecule has 1 unspecified atom stereocenters. The third-order valence-corrected chi connectivity index (χ3v) is 2.22. The fourth-order valence-corrected chi connectivity index (χ4v) is 1.29. The molecule has 1 aromatic heterocycles. The number of nitrogens with two attached hydrogens (primary N) is 1. The molecular weight excluding hydrogens is 230 g/mol. The molecule has 0 spiro atoms. The Balaban J connectivity index is 2.66. The number of carbonyl (C=O) groups excluding carboxylic acids is 1. The van der Waals surface area contributed by atoms with E-state index in [1.54, 1.807) is 7.11 Å². The highest BCUT2D eigenvalue weighted by molar-refractivity contribution is 6.29. The number of anilines is 1. The van der Waals surface area contributed by atoms with E-state index >= 15 is 0 Å². The molecule has 0 aliphatic carbocycles. The van der Waals surface area contributed by atoms with E-state index in [1.807, 2.05) is 6.92 Å². The van der Waals surface area contributed by atoms with Crippen molar-refractivity contribution < 1.29 is 9.53 Å². The Morgan fingerprint density at radius 1 is 1.69 bits per heavy atom. The lowest BCUT2D eigenvalue weighted by Gasteiger charge is -2.10. The maximum atomic E-state index is 11.7. The van der Waals surface area contributed by atoms with Crippen molar-refractivity contribution in [1.29, 1.82) is 0 Å². The zero-order valence-corrected chi connectivity index (χ0v) is 9.91. The highest BCUT2D eigenvalue weighted by atomic mass is 35.5. The molecule has 0 fully saturated rings. The number of methoxy groups -OCH3 is 1. The largest absolute Gasteiger partial charge is 0.384 e. The molecule has 1 aromatic rings. The quantitative estimate of drug-likeness (QED) is 0.776. The van der Waals surface area contributed by atoms with Crippen LogP contribution in [0.25, 0.3) is 0 Å². The fourth-order valence-electron chi connectivity index (χ4n) is 1.07. The molecule has 16 heavy (non-hydrogen) atoms. The Labute approximate surface area is 98.9 Å². The highest BCUT2D eigenvalue weighted by Gasteiger charge is 2.09. The molecule has 0 aliphatic heterocycles. The van der Waals surface area contributed by atoms with Gasteiger partial charge < -0.3 is 15.8 Å². The van der Waals surface area contributed by atoms with Crippen molar-refractivity contribution in [3.8, 4) is 0 Å².